The summed E-state index contributed by atoms with van der Waals surface area (Å²) in [5.74, 6) is -0.0754. The van der Waals surface area contributed by atoms with Crippen molar-refractivity contribution in [1.29, 1.82) is 0 Å². The second-order valence-electron chi connectivity index (χ2n) is 20.3. The van der Waals surface area contributed by atoms with E-state index in [0.29, 0.717) is 19.4 Å². The number of hydrogen-bond acceptors (Lipinski definition) is 5. The van der Waals surface area contributed by atoms with Gasteiger partial charge in [0.1, 0.15) is 0 Å². The molecule has 0 fully saturated rings. The molecule has 1 amide bonds. The van der Waals surface area contributed by atoms with Gasteiger partial charge in [-0.1, -0.05) is 276 Å². The van der Waals surface area contributed by atoms with E-state index < -0.39 is 12.1 Å². The Hall–Kier alpha value is -1.66. The first-order valence-electron chi connectivity index (χ1n) is 29.6. The SMILES string of the molecule is CCCCCCCCCCCCCCCC/C=C/C(O)C(CO)NC(=O)CCCCCCC/C=C\CCCCCCCCCCCOC(=O)CCCCCCCCCCCCCCCCC. The Balaban J connectivity index is 3.46. The minimum Gasteiger partial charge on any atom is -0.466 e. The van der Waals surface area contributed by atoms with Crippen molar-refractivity contribution in [3.8, 4) is 0 Å². The number of carbonyl (C=O) groups is 2. The molecule has 2 atom stereocenters. The van der Waals surface area contributed by atoms with Gasteiger partial charge in [0.2, 0.25) is 5.91 Å². The van der Waals surface area contributed by atoms with Crippen LogP contribution >= 0.6 is 0 Å². The third kappa shape index (κ3) is 51.7. The zero-order valence-electron chi connectivity index (χ0n) is 44.4. The van der Waals surface area contributed by atoms with Gasteiger partial charge in [-0.3, -0.25) is 9.59 Å². The zero-order chi connectivity index (χ0) is 47.9. The fourth-order valence-corrected chi connectivity index (χ4v) is 9.16. The van der Waals surface area contributed by atoms with E-state index in [1.807, 2.05) is 6.08 Å². The molecule has 0 spiro atoms. The number of aliphatic hydroxyl groups excluding tert-OH is 2. The van der Waals surface area contributed by atoms with Crippen LogP contribution in [0, 0.1) is 0 Å². The number of rotatable bonds is 55. The molecule has 66 heavy (non-hydrogen) atoms. The second-order valence-corrected chi connectivity index (χ2v) is 20.3. The molecule has 0 heterocycles. The van der Waals surface area contributed by atoms with Crippen molar-refractivity contribution in [3.63, 3.8) is 0 Å². The van der Waals surface area contributed by atoms with Crippen LogP contribution in [0.4, 0.5) is 0 Å². The first-order valence-corrected chi connectivity index (χ1v) is 29.6. The molecule has 0 aliphatic carbocycles. The summed E-state index contributed by atoms with van der Waals surface area (Å²) >= 11 is 0. The number of unbranched alkanes of at least 4 members (excludes halogenated alkanes) is 42. The van der Waals surface area contributed by atoms with E-state index in [9.17, 15) is 19.8 Å². The van der Waals surface area contributed by atoms with Crippen LogP contribution in [-0.4, -0.2) is 47.4 Å². The molecule has 2 unspecified atom stereocenters. The molecule has 6 nitrogen and oxygen atoms in total. The molecule has 0 bridgehead atoms. The monoisotopic (exact) mass is 930 g/mol. The van der Waals surface area contributed by atoms with Gasteiger partial charge in [-0.15, -0.1) is 0 Å². The van der Waals surface area contributed by atoms with Crippen LogP contribution < -0.4 is 5.32 Å². The van der Waals surface area contributed by atoms with E-state index in [1.54, 1.807) is 6.08 Å². The van der Waals surface area contributed by atoms with Gasteiger partial charge in [-0.05, 0) is 57.8 Å². The largest absolute Gasteiger partial charge is 0.466 e. The number of amides is 1. The molecule has 0 aromatic carbocycles. The normalized spacial score (nSPS) is 12.7. The quantitative estimate of drug-likeness (QED) is 0.0321. The van der Waals surface area contributed by atoms with E-state index in [4.69, 9.17) is 4.74 Å². The maximum absolute atomic E-state index is 12.5. The third-order valence-corrected chi connectivity index (χ3v) is 13.7. The summed E-state index contributed by atoms with van der Waals surface area (Å²) in [7, 11) is 0. The molecular weight excluding hydrogens is 815 g/mol. The standard InChI is InChI=1S/C60H115NO5/c1-3-5-7-9-11-13-15-17-19-25-28-32-36-40-44-48-52-58(63)57(56-62)61-59(64)53-49-45-41-37-33-29-26-22-20-21-23-27-31-35-39-43-47-51-55-66-60(65)54-50-46-42-38-34-30-24-18-16-14-12-10-8-6-4-2/h22,26,48,52,57-58,62-63H,3-21,23-25,27-47,49-51,53-56H2,1-2H3,(H,61,64)/b26-22-,52-48+. The Kier molecular flexibility index (Phi) is 54.5. The van der Waals surface area contributed by atoms with E-state index in [-0.39, 0.29) is 18.5 Å². The number of ether oxygens (including phenoxy) is 1. The zero-order valence-corrected chi connectivity index (χ0v) is 44.4. The summed E-state index contributed by atoms with van der Waals surface area (Å²) < 4.78 is 5.48. The molecule has 0 saturated heterocycles. The summed E-state index contributed by atoms with van der Waals surface area (Å²) in [6.07, 6.45) is 67.7. The highest BCUT2D eigenvalue weighted by Gasteiger charge is 2.18. The number of allylic oxidation sites excluding steroid dienone is 3. The summed E-state index contributed by atoms with van der Waals surface area (Å²) in [5.41, 5.74) is 0. The highest BCUT2D eigenvalue weighted by molar-refractivity contribution is 5.76. The van der Waals surface area contributed by atoms with Gasteiger partial charge in [-0.25, -0.2) is 0 Å². The molecule has 0 aromatic heterocycles. The number of hydrogen-bond donors (Lipinski definition) is 3. The van der Waals surface area contributed by atoms with Gasteiger partial charge in [0.25, 0.3) is 0 Å². The van der Waals surface area contributed by atoms with E-state index >= 15 is 0 Å². The van der Waals surface area contributed by atoms with Crippen molar-refractivity contribution in [2.75, 3.05) is 13.2 Å². The lowest BCUT2D eigenvalue weighted by molar-refractivity contribution is -0.143. The number of nitrogens with one attached hydrogen (secondary N) is 1. The maximum Gasteiger partial charge on any atom is 0.305 e. The van der Waals surface area contributed by atoms with Crippen molar-refractivity contribution in [2.24, 2.45) is 0 Å². The number of carbonyl (C=O) groups excluding carboxylic acids is 2. The minimum atomic E-state index is -0.853. The molecule has 0 rings (SSSR count). The predicted molar refractivity (Wildman–Crippen MR) is 287 cm³/mol. The van der Waals surface area contributed by atoms with Gasteiger partial charge in [0.05, 0.1) is 25.4 Å². The van der Waals surface area contributed by atoms with Crippen LogP contribution in [0.15, 0.2) is 24.3 Å². The number of esters is 1. The van der Waals surface area contributed by atoms with Crippen LogP contribution in [0.3, 0.4) is 0 Å². The Labute approximate surface area is 411 Å². The van der Waals surface area contributed by atoms with Crippen molar-refractivity contribution >= 4 is 11.9 Å². The molecular formula is C60H115NO5. The topological polar surface area (TPSA) is 95.9 Å². The van der Waals surface area contributed by atoms with Gasteiger partial charge < -0.3 is 20.3 Å². The Morgan fingerprint density at radius 3 is 1.08 bits per heavy atom. The van der Waals surface area contributed by atoms with Gasteiger partial charge in [0, 0.05) is 12.8 Å². The lowest BCUT2D eigenvalue weighted by Crippen LogP contribution is -2.45. The van der Waals surface area contributed by atoms with Crippen LogP contribution in [-0.2, 0) is 14.3 Å². The lowest BCUT2D eigenvalue weighted by atomic mass is 10.0. The van der Waals surface area contributed by atoms with Crippen molar-refractivity contribution < 1.29 is 24.5 Å². The van der Waals surface area contributed by atoms with Gasteiger partial charge in [0.15, 0.2) is 0 Å². The van der Waals surface area contributed by atoms with Crippen LogP contribution in [0.1, 0.15) is 322 Å². The first-order chi connectivity index (χ1) is 32.5. The average Bonchev–Trinajstić information content (AvgIpc) is 3.32. The fourth-order valence-electron chi connectivity index (χ4n) is 9.16. The number of aliphatic hydroxyl groups is 2. The molecule has 3 N–H and O–H groups in total. The smallest absolute Gasteiger partial charge is 0.305 e. The Morgan fingerprint density at radius 2 is 0.712 bits per heavy atom. The Bertz CT molecular complexity index is 1030. The first kappa shape index (κ1) is 64.3. The fraction of sp³-hybridized carbons (Fsp3) is 0.900. The molecule has 390 valence electrons. The highest BCUT2D eigenvalue weighted by atomic mass is 16.5. The Morgan fingerprint density at radius 1 is 0.409 bits per heavy atom. The van der Waals surface area contributed by atoms with Crippen LogP contribution in [0.25, 0.3) is 0 Å². The lowest BCUT2D eigenvalue weighted by Gasteiger charge is -2.20. The van der Waals surface area contributed by atoms with Gasteiger partial charge >= 0.3 is 5.97 Å². The average molecular weight is 931 g/mol. The molecule has 0 aromatic rings. The van der Waals surface area contributed by atoms with Crippen molar-refractivity contribution in [1.82, 2.24) is 5.32 Å². The molecule has 6 heteroatoms. The molecule has 0 radical (unpaired) electrons. The van der Waals surface area contributed by atoms with E-state index in [1.165, 1.54) is 238 Å². The van der Waals surface area contributed by atoms with E-state index in [0.717, 1.165) is 57.8 Å². The second kappa shape index (κ2) is 55.9. The molecule has 0 aliphatic heterocycles. The molecule has 0 saturated carbocycles. The van der Waals surface area contributed by atoms with Crippen LogP contribution in [0.2, 0.25) is 0 Å². The predicted octanol–water partition coefficient (Wildman–Crippen LogP) is 18.2. The summed E-state index contributed by atoms with van der Waals surface area (Å²) in [6.45, 7) is 4.91. The van der Waals surface area contributed by atoms with Crippen molar-refractivity contribution in [2.45, 2.75) is 334 Å². The molecule has 0 aliphatic rings. The van der Waals surface area contributed by atoms with Crippen LogP contribution in [0.5, 0.6) is 0 Å². The third-order valence-electron chi connectivity index (χ3n) is 13.7. The summed E-state index contributed by atoms with van der Waals surface area (Å²) in [5, 5.41) is 23.1. The highest BCUT2D eigenvalue weighted by Crippen LogP contribution is 2.17. The van der Waals surface area contributed by atoms with Crippen molar-refractivity contribution in [3.05, 3.63) is 24.3 Å². The summed E-state index contributed by atoms with van der Waals surface area (Å²) in [6, 6.07) is -0.637. The maximum atomic E-state index is 12.5. The van der Waals surface area contributed by atoms with Gasteiger partial charge in [-0.2, -0.15) is 0 Å². The summed E-state index contributed by atoms with van der Waals surface area (Å²) in [4.78, 5) is 24.5. The minimum absolute atomic E-state index is 0.00522. The van der Waals surface area contributed by atoms with E-state index in [2.05, 4.69) is 31.3 Å².